The molecule has 1 aliphatic rings. The van der Waals surface area contributed by atoms with Crippen LogP contribution in [0.15, 0.2) is 29.2 Å². The number of hydrogen-bond acceptors (Lipinski definition) is 4. The molecule has 0 bridgehead atoms. The van der Waals surface area contributed by atoms with Crippen molar-refractivity contribution in [3.05, 3.63) is 29.8 Å². The number of carbonyl (C=O) groups excluding carboxylic acids is 1. The monoisotopic (exact) mass is 325 g/mol. The van der Waals surface area contributed by atoms with Crippen molar-refractivity contribution in [2.45, 2.75) is 18.7 Å². The summed E-state index contributed by atoms with van der Waals surface area (Å²) in [7, 11) is -3.47. The lowest BCUT2D eigenvalue weighted by molar-refractivity contribution is 0.0773. The highest BCUT2D eigenvalue weighted by molar-refractivity contribution is 7.89. The van der Waals surface area contributed by atoms with Crippen LogP contribution in [0.5, 0.6) is 0 Å². The number of rotatable bonds is 5. The largest absolute Gasteiger partial charge is 0.339 e. The molecule has 1 saturated heterocycles. The second-order valence-corrected chi connectivity index (χ2v) is 7.09. The molecule has 0 spiro atoms. The number of nitrogens with one attached hydrogen (secondary N) is 1. The van der Waals surface area contributed by atoms with E-state index in [1.165, 1.54) is 16.4 Å². The van der Waals surface area contributed by atoms with Gasteiger partial charge in [0, 0.05) is 44.8 Å². The summed E-state index contributed by atoms with van der Waals surface area (Å²) in [6.45, 7) is 7.39. The van der Waals surface area contributed by atoms with E-state index >= 15 is 0 Å². The van der Waals surface area contributed by atoms with Gasteiger partial charge < -0.3 is 10.2 Å². The lowest BCUT2D eigenvalue weighted by Crippen LogP contribution is -2.46. The SMILES string of the molecule is CCN(CC)C(=O)c1ccc(S(=O)(=O)N2CCNCC2)cc1. The molecule has 1 aromatic rings. The summed E-state index contributed by atoms with van der Waals surface area (Å²) >= 11 is 0. The van der Waals surface area contributed by atoms with Crippen LogP contribution in [0.1, 0.15) is 24.2 Å². The highest BCUT2D eigenvalue weighted by Gasteiger charge is 2.26. The summed E-state index contributed by atoms with van der Waals surface area (Å²) in [5.74, 6) is -0.0730. The fourth-order valence-corrected chi connectivity index (χ4v) is 3.94. The van der Waals surface area contributed by atoms with Crippen LogP contribution in [0.2, 0.25) is 0 Å². The molecule has 2 rings (SSSR count). The highest BCUT2D eigenvalue weighted by Crippen LogP contribution is 2.17. The van der Waals surface area contributed by atoms with Gasteiger partial charge in [-0.1, -0.05) is 0 Å². The average molecular weight is 325 g/mol. The number of benzene rings is 1. The van der Waals surface area contributed by atoms with Gasteiger partial charge in [-0.2, -0.15) is 4.31 Å². The zero-order valence-corrected chi connectivity index (χ0v) is 13.9. The number of sulfonamides is 1. The third-order valence-electron chi connectivity index (χ3n) is 3.87. The van der Waals surface area contributed by atoms with E-state index in [9.17, 15) is 13.2 Å². The van der Waals surface area contributed by atoms with Crippen LogP contribution in [-0.2, 0) is 10.0 Å². The molecule has 0 unspecified atom stereocenters. The molecule has 22 heavy (non-hydrogen) atoms. The molecule has 0 atom stereocenters. The van der Waals surface area contributed by atoms with E-state index in [4.69, 9.17) is 0 Å². The molecule has 1 heterocycles. The second kappa shape index (κ2) is 7.21. The summed E-state index contributed by atoms with van der Waals surface area (Å²) in [5, 5.41) is 3.13. The van der Waals surface area contributed by atoms with Gasteiger partial charge in [-0.05, 0) is 38.1 Å². The van der Waals surface area contributed by atoms with Crippen molar-refractivity contribution in [3.63, 3.8) is 0 Å². The minimum Gasteiger partial charge on any atom is -0.339 e. The van der Waals surface area contributed by atoms with Gasteiger partial charge in [0.1, 0.15) is 0 Å². The predicted molar refractivity (Wildman–Crippen MR) is 85.3 cm³/mol. The number of hydrogen-bond donors (Lipinski definition) is 1. The van der Waals surface area contributed by atoms with Crippen molar-refractivity contribution in [3.8, 4) is 0 Å². The lowest BCUT2D eigenvalue weighted by atomic mass is 10.2. The van der Waals surface area contributed by atoms with Gasteiger partial charge in [-0.3, -0.25) is 4.79 Å². The van der Waals surface area contributed by atoms with Gasteiger partial charge in [-0.25, -0.2) is 8.42 Å². The predicted octanol–water partition coefficient (Wildman–Crippen LogP) is 0.762. The van der Waals surface area contributed by atoms with Gasteiger partial charge in [-0.15, -0.1) is 0 Å². The summed E-state index contributed by atoms with van der Waals surface area (Å²) in [5.41, 5.74) is 0.517. The first kappa shape index (κ1) is 16.9. The first-order chi connectivity index (χ1) is 10.5. The molecule has 1 aliphatic heterocycles. The maximum atomic E-state index is 12.5. The quantitative estimate of drug-likeness (QED) is 0.868. The van der Waals surface area contributed by atoms with E-state index in [0.717, 1.165) is 0 Å². The first-order valence-electron chi connectivity index (χ1n) is 7.61. The highest BCUT2D eigenvalue weighted by atomic mass is 32.2. The fraction of sp³-hybridized carbons (Fsp3) is 0.533. The van der Waals surface area contributed by atoms with Gasteiger partial charge in [0.2, 0.25) is 10.0 Å². The van der Waals surface area contributed by atoms with Gasteiger partial charge in [0.05, 0.1) is 4.90 Å². The van der Waals surface area contributed by atoms with Crippen molar-refractivity contribution in [2.24, 2.45) is 0 Å². The summed E-state index contributed by atoms with van der Waals surface area (Å²) in [6, 6.07) is 6.23. The van der Waals surface area contributed by atoms with Crippen molar-refractivity contribution < 1.29 is 13.2 Å². The third-order valence-corrected chi connectivity index (χ3v) is 5.78. The smallest absolute Gasteiger partial charge is 0.253 e. The summed E-state index contributed by atoms with van der Waals surface area (Å²) in [4.78, 5) is 14.2. The Morgan fingerprint density at radius 2 is 1.68 bits per heavy atom. The Labute approximate surface area is 132 Å². The van der Waals surface area contributed by atoms with Gasteiger partial charge >= 0.3 is 0 Å². The molecule has 1 amide bonds. The standard InChI is InChI=1S/C15H23N3O3S/c1-3-17(4-2)15(19)13-5-7-14(8-6-13)22(20,21)18-11-9-16-10-12-18/h5-8,16H,3-4,9-12H2,1-2H3. The van der Waals surface area contributed by atoms with Crippen LogP contribution >= 0.6 is 0 Å². The number of carbonyl (C=O) groups is 1. The third kappa shape index (κ3) is 3.48. The van der Waals surface area contributed by atoms with Crippen LogP contribution in [0.4, 0.5) is 0 Å². The Kier molecular flexibility index (Phi) is 5.55. The zero-order chi connectivity index (χ0) is 16.2. The summed E-state index contributed by atoms with van der Waals surface area (Å²) < 4.78 is 26.5. The molecule has 1 N–H and O–H groups in total. The molecule has 0 radical (unpaired) electrons. The maximum Gasteiger partial charge on any atom is 0.253 e. The Balaban J connectivity index is 2.19. The van der Waals surface area contributed by atoms with E-state index in [1.807, 2.05) is 13.8 Å². The zero-order valence-electron chi connectivity index (χ0n) is 13.1. The van der Waals surface area contributed by atoms with Crippen LogP contribution in [0.3, 0.4) is 0 Å². The van der Waals surface area contributed by atoms with Crippen LogP contribution < -0.4 is 5.32 Å². The molecule has 1 fully saturated rings. The number of amides is 1. The van der Waals surface area contributed by atoms with E-state index < -0.39 is 10.0 Å². The maximum absolute atomic E-state index is 12.5. The number of piperazine rings is 1. The van der Waals surface area contributed by atoms with E-state index in [0.29, 0.717) is 44.8 Å². The Bertz CT molecular complexity index is 603. The van der Waals surface area contributed by atoms with Crippen LogP contribution in [0, 0.1) is 0 Å². The molecular formula is C15H23N3O3S. The molecule has 0 saturated carbocycles. The molecule has 6 nitrogen and oxygen atoms in total. The molecule has 0 aliphatic carbocycles. The van der Waals surface area contributed by atoms with Crippen molar-refractivity contribution in [2.75, 3.05) is 39.3 Å². The topological polar surface area (TPSA) is 69.7 Å². The van der Waals surface area contributed by atoms with E-state index in [2.05, 4.69) is 5.32 Å². The van der Waals surface area contributed by atoms with Crippen LogP contribution in [0.25, 0.3) is 0 Å². The van der Waals surface area contributed by atoms with Gasteiger partial charge in [0.25, 0.3) is 5.91 Å². The second-order valence-electron chi connectivity index (χ2n) is 5.16. The van der Waals surface area contributed by atoms with Crippen LogP contribution in [-0.4, -0.2) is 62.8 Å². The lowest BCUT2D eigenvalue weighted by Gasteiger charge is -2.26. The van der Waals surface area contributed by atoms with Gasteiger partial charge in [0.15, 0.2) is 0 Å². The normalized spacial score (nSPS) is 16.5. The summed E-state index contributed by atoms with van der Waals surface area (Å²) in [6.07, 6.45) is 0. The first-order valence-corrected chi connectivity index (χ1v) is 9.05. The molecular weight excluding hydrogens is 302 g/mol. The minimum absolute atomic E-state index is 0.0730. The molecule has 7 heteroatoms. The van der Waals surface area contributed by atoms with E-state index in [-0.39, 0.29) is 10.8 Å². The van der Waals surface area contributed by atoms with Crippen molar-refractivity contribution >= 4 is 15.9 Å². The molecule has 122 valence electrons. The average Bonchev–Trinajstić information content (AvgIpc) is 2.57. The number of nitrogens with zero attached hydrogens (tertiary/aromatic N) is 2. The Morgan fingerprint density at radius 1 is 1.14 bits per heavy atom. The van der Waals surface area contributed by atoms with Crippen molar-refractivity contribution in [1.82, 2.24) is 14.5 Å². The van der Waals surface area contributed by atoms with E-state index in [1.54, 1.807) is 17.0 Å². The Hall–Kier alpha value is -1.44. The Morgan fingerprint density at radius 3 is 2.18 bits per heavy atom. The van der Waals surface area contributed by atoms with Crippen molar-refractivity contribution in [1.29, 1.82) is 0 Å². The molecule has 0 aromatic heterocycles. The minimum atomic E-state index is -3.47. The molecule has 1 aromatic carbocycles. The fourth-order valence-electron chi connectivity index (χ4n) is 2.50.